The van der Waals surface area contributed by atoms with E-state index in [9.17, 15) is 0 Å². The number of hydrogen-bond acceptors (Lipinski definition) is 4. The molecule has 17 heavy (non-hydrogen) atoms. The number of fused-ring (bicyclic) bond motifs is 1. The fourth-order valence-corrected chi connectivity index (χ4v) is 1.91. The van der Waals surface area contributed by atoms with Crippen LogP contribution in [0.4, 0.5) is 5.69 Å². The number of nitrogens with zero attached hydrogens (tertiary/aromatic N) is 2. The third kappa shape index (κ3) is 2.75. The molecule has 4 heteroatoms. The molecule has 1 heterocycles. The van der Waals surface area contributed by atoms with E-state index in [4.69, 9.17) is 4.63 Å². The molecule has 1 N–H and O–H groups in total. The van der Waals surface area contributed by atoms with E-state index in [1.807, 2.05) is 19.1 Å². The third-order valence-corrected chi connectivity index (χ3v) is 2.96. The highest BCUT2D eigenvalue weighted by Gasteiger charge is 2.08. The molecule has 4 nitrogen and oxygen atoms in total. The van der Waals surface area contributed by atoms with Gasteiger partial charge in [-0.05, 0) is 35.3 Å². The Bertz CT molecular complexity index is 478. The molecule has 0 aliphatic heterocycles. The van der Waals surface area contributed by atoms with Gasteiger partial charge < -0.3 is 5.32 Å². The quantitative estimate of drug-likeness (QED) is 0.775. The summed E-state index contributed by atoms with van der Waals surface area (Å²) in [5, 5.41) is 11.3. The Morgan fingerprint density at radius 3 is 2.76 bits per heavy atom. The van der Waals surface area contributed by atoms with Crippen LogP contribution >= 0.6 is 0 Å². The second-order valence-corrected chi connectivity index (χ2v) is 4.38. The molecule has 0 atom stereocenters. The van der Waals surface area contributed by atoms with E-state index in [0.717, 1.165) is 28.8 Å². The Labute approximate surface area is 101 Å². The van der Waals surface area contributed by atoms with Gasteiger partial charge in [-0.15, -0.1) is 0 Å². The number of nitrogens with one attached hydrogen (secondary N) is 1. The minimum absolute atomic E-state index is 0.834. The fraction of sp³-hybridized carbons (Fsp3) is 0.538. The molecule has 0 unspecified atom stereocenters. The first-order valence-corrected chi connectivity index (χ1v) is 6.28. The van der Waals surface area contributed by atoms with E-state index in [1.165, 1.54) is 25.7 Å². The molecule has 0 saturated carbocycles. The van der Waals surface area contributed by atoms with Crippen LogP contribution in [-0.2, 0) is 0 Å². The Balaban J connectivity index is 1.99. The first kappa shape index (κ1) is 11.9. The molecule has 0 amide bonds. The summed E-state index contributed by atoms with van der Waals surface area (Å²) in [5.41, 5.74) is 3.80. The van der Waals surface area contributed by atoms with Gasteiger partial charge in [0.2, 0.25) is 0 Å². The van der Waals surface area contributed by atoms with Gasteiger partial charge in [-0.2, -0.15) is 0 Å². The van der Waals surface area contributed by atoms with E-state index < -0.39 is 0 Å². The summed E-state index contributed by atoms with van der Waals surface area (Å²) in [5.74, 6) is 0. The zero-order valence-corrected chi connectivity index (χ0v) is 10.5. The zero-order chi connectivity index (χ0) is 12.1. The molecule has 1 aromatic carbocycles. The average molecular weight is 233 g/mol. The SMILES string of the molecule is CCCCCCNc1ccc(C)c2nonc12. The molecular weight excluding hydrogens is 214 g/mol. The number of aryl methyl sites for hydroxylation is 1. The predicted molar refractivity (Wildman–Crippen MR) is 69.2 cm³/mol. The lowest BCUT2D eigenvalue weighted by Crippen LogP contribution is -2.02. The number of hydrogen-bond donors (Lipinski definition) is 1. The van der Waals surface area contributed by atoms with Gasteiger partial charge in [-0.3, -0.25) is 0 Å². The van der Waals surface area contributed by atoms with Crippen molar-refractivity contribution >= 4 is 16.7 Å². The zero-order valence-electron chi connectivity index (χ0n) is 10.5. The monoisotopic (exact) mass is 233 g/mol. The molecule has 2 aromatic rings. The van der Waals surface area contributed by atoms with Gasteiger partial charge in [0, 0.05) is 6.54 Å². The Hall–Kier alpha value is -1.58. The minimum atomic E-state index is 0.834. The molecule has 0 bridgehead atoms. The van der Waals surface area contributed by atoms with Crippen LogP contribution in [0.1, 0.15) is 38.2 Å². The van der Waals surface area contributed by atoms with Gasteiger partial charge in [0.1, 0.15) is 5.52 Å². The van der Waals surface area contributed by atoms with Crippen molar-refractivity contribution in [3.63, 3.8) is 0 Å². The highest BCUT2D eigenvalue weighted by molar-refractivity contribution is 5.89. The van der Waals surface area contributed by atoms with E-state index in [1.54, 1.807) is 0 Å². The molecule has 0 saturated heterocycles. The Morgan fingerprint density at radius 1 is 1.12 bits per heavy atom. The van der Waals surface area contributed by atoms with Crippen LogP contribution in [0.15, 0.2) is 16.8 Å². The number of rotatable bonds is 6. The second-order valence-electron chi connectivity index (χ2n) is 4.38. The van der Waals surface area contributed by atoms with Crippen molar-refractivity contribution in [1.29, 1.82) is 0 Å². The number of anilines is 1. The van der Waals surface area contributed by atoms with E-state index in [-0.39, 0.29) is 0 Å². The fourth-order valence-electron chi connectivity index (χ4n) is 1.91. The normalized spacial score (nSPS) is 10.9. The first-order valence-electron chi connectivity index (χ1n) is 6.28. The topological polar surface area (TPSA) is 51.0 Å². The summed E-state index contributed by atoms with van der Waals surface area (Å²) in [6, 6.07) is 4.09. The molecule has 0 spiro atoms. The summed E-state index contributed by atoms with van der Waals surface area (Å²) in [6.07, 6.45) is 5.03. The first-order chi connectivity index (χ1) is 8.33. The molecule has 2 rings (SSSR count). The van der Waals surface area contributed by atoms with Crippen LogP contribution in [0.5, 0.6) is 0 Å². The Morgan fingerprint density at radius 2 is 1.94 bits per heavy atom. The summed E-state index contributed by atoms with van der Waals surface area (Å²) in [7, 11) is 0. The molecule has 92 valence electrons. The van der Waals surface area contributed by atoms with E-state index >= 15 is 0 Å². The lowest BCUT2D eigenvalue weighted by molar-refractivity contribution is 0.315. The highest BCUT2D eigenvalue weighted by Crippen LogP contribution is 2.23. The minimum Gasteiger partial charge on any atom is -0.383 e. The maximum Gasteiger partial charge on any atom is 0.158 e. The van der Waals surface area contributed by atoms with Crippen LogP contribution in [0, 0.1) is 6.92 Å². The summed E-state index contributed by atoms with van der Waals surface area (Å²) in [4.78, 5) is 0. The molecule has 0 radical (unpaired) electrons. The third-order valence-electron chi connectivity index (χ3n) is 2.96. The average Bonchev–Trinajstić information content (AvgIpc) is 2.81. The van der Waals surface area contributed by atoms with Crippen molar-refractivity contribution in [2.45, 2.75) is 39.5 Å². The van der Waals surface area contributed by atoms with Gasteiger partial charge in [0.05, 0.1) is 5.69 Å². The van der Waals surface area contributed by atoms with Crippen LogP contribution in [0.3, 0.4) is 0 Å². The largest absolute Gasteiger partial charge is 0.383 e. The maximum absolute atomic E-state index is 4.79. The lowest BCUT2D eigenvalue weighted by Gasteiger charge is -2.06. The standard InChI is InChI=1S/C13H19N3O/c1-3-4-5-6-9-14-11-8-7-10(2)12-13(11)16-17-15-12/h7-8,14H,3-6,9H2,1-2H3. The molecule has 0 aliphatic rings. The van der Waals surface area contributed by atoms with Crippen molar-refractivity contribution < 1.29 is 4.63 Å². The number of aromatic nitrogens is 2. The summed E-state index contributed by atoms with van der Waals surface area (Å²) >= 11 is 0. The van der Waals surface area contributed by atoms with Crippen molar-refractivity contribution in [3.8, 4) is 0 Å². The van der Waals surface area contributed by atoms with E-state index in [0.29, 0.717) is 0 Å². The van der Waals surface area contributed by atoms with Gasteiger partial charge in [-0.1, -0.05) is 32.3 Å². The lowest BCUT2D eigenvalue weighted by atomic mass is 10.1. The van der Waals surface area contributed by atoms with Crippen LogP contribution < -0.4 is 5.32 Å². The smallest absolute Gasteiger partial charge is 0.158 e. The van der Waals surface area contributed by atoms with Gasteiger partial charge in [0.25, 0.3) is 0 Å². The Kier molecular flexibility index (Phi) is 3.96. The van der Waals surface area contributed by atoms with Crippen molar-refractivity contribution in [2.75, 3.05) is 11.9 Å². The number of benzene rings is 1. The molecule has 0 fully saturated rings. The second kappa shape index (κ2) is 5.66. The maximum atomic E-state index is 4.79. The van der Waals surface area contributed by atoms with Gasteiger partial charge >= 0.3 is 0 Å². The molecule has 0 aliphatic carbocycles. The van der Waals surface area contributed by atoms with Crippen molar-refractivity contribution in [2.24, 2.45) is 0 Å². The molecule has 1 aromatic heterocycles. The summed E-state index contributed by atoms with van der Waals surface area (Å²) in [6.45, 7) is 5.21. The van der Waals surface area contributed by atoms with Gasteiger partial charge in [-0.25, -0.2) is 4.63 Å². The predicted octanol–water partition coefficient (Wildman–Crippen LogP) is 3.52. The van der Waals surface area contributed by atoms with Crippen molar-refractivity contribution in [1.82, 2.24) is 10.3 Å². The van der Waals surface area contributed by atoms with Gasteiger partial charge in [0.15, 0.2) is 5.52 Å². The van der Waals surface area contributed by atoms with Crippen LogP contribution in [0.25, 0.3) is 11.0 Å². The van der Waals surface area contributed by atoms with E-state index in [2.05, 4.69) is 22.6 Å². The summed E-state index contributed by atoms with van der Waals surface area (Å²) < 4.78 is 4.79. The highest BCUT2D eigenvalue weighted by atomic mass is 16.6. The van der Waals surface area contributed by atoms with Crippen molar-refractivity contribution in [3.05, 3.63) is 17.7 Å². The van der Waals surface area contributed by atoms with Crippen LogP contribution in [0.2, 0.25) is 0 Å². The number of unbranched alkanes of at least 4 members (excludes halogenated alkanes) is 3. The molecular formula is C13H19N3O. The van der Waals surface area contributed by atoms with Crippen LogP contribution in [-0.4, -0.2) is 16.9 Å².